The molecule has 3 nitrogen and oxygen atoms in total. The number of aromatic nitrogens is 1. The number of benzene rings is 2. The van der Waals surface area contributed by atoms with Gasteiger partial charge >= 0.3 is 6.18 Å². The molecule has 0 saturated carbocycles. The predicted octanol–water partition coefficient (Wildman–Crippen LogP) is 6.16. The number of nitrogens with one attached hydrogen (secondary N) is 1. The van der Waals surface area contributed by atoms with E-state index in [1.807, 2.05) is 11.4 Å². The molecule has 1 N–H and O–H groups in total. The lowest BCUT2D eigenvalue weighted by Gasteiger charge is -2.12. The molecule has 0 bridgehead atoms. The maximum absolute atomic E-state index is 13.6. The average molecular weight is 418 g/mol. The van der Waals surface area contributed by atoms with Crippen molar-refractivity contribution in [3.05, 3.63) is 88.7 Å². The number of anilines is 1. The SMILES string of the molecule is O=C(Nc1cccc(C(F)(F)F)c1)c1cc2sccc2n1Cc1cccc(F)c1. The van der Waals surface area contributed by atoms with Gasteiger partial charge in [0.2, 0.25) is 0 Å². The summed E-state index contributed by atoms with van der Waals surface area (Å²) < 4.78 is 54.9. The molecule has 8 heteroatoms. The summed E-state index contributed by atoms with van der Waals surface area (Å²) in [6, 6.07) is 14.0. The van der Waals surface area contributed by atoms with E-state index in [9.17, 15) is 22.4 Å². The number of rotatable bonds is 4. The van der Waals surface area contributed by atoms with Gasteiger partial charge < -0.3 is 9.88 Å². The molecule has 0 fully saturated rings. The van der Waals surface area contributed by atoms with Crippen molar-refractivity contribution < 1.29 is 22.4 Å². The fourth-order valence-electron chi connectivity index (χ4n) is 3.12. The maximum Gasteiger partial charge on any atom is 0.416 e. The molecular formula is C21H14F4N2OS. The van der Waals surface area contributed by atoms with Crippen molar-refractivity contribution in [2.24, 2.45) is 0 Å². The van der Waals surface area contributed by atoms with Crippen LogP contribution in [0.5, 0.6) is 0 Å². The molecule has 29 heavy (non-hydrogen) atoms. The van der Waals surface area contributed by atoms with Crippen LogP contribution in [0.3, 0.4) is 0 Å². The number of nitrogens with zero attached hydrogens (tertiary/aromatic N) is 1. The normalized spacial score (nSPS) is 11.7. The van der Waals surface area contributed by atoms with E-state index in [0.29, 0.717) is 5.56 Å². The van der Waals surface area contributed by atoms with Crippen molar-refractivity contribution in [2.75, 3.05) is 5.32 Å². The highest BCUT2D eigenvalue weighted by atomic mass is 32.1. The largest absolute Gasteiger partial charge is 0.416 e. The van der Waals surface area contributed by atoms with Crippen molar-refractivity contribution in [3.63, 3.8) is 0 Å². The number of alkyl halides is 3. The van der Waals surface area contributed by atoms with Gasteiger partial charge in [0.15, 0.2) is 0 Å². The van der Waals surface area contributed by atoms with Crippen molar-refractivity contribution in [1.82, 2.24) is 4.57 Å². The molecule has 2 aromatic heterocycles. The summed E-state index contributed by atoms with van der Waals surface area (Å²) in [6.45, 7) is 0.253. The van der Waals surface area contributed by atoms with E-state index >= 15 is 0 Å². The number of carbonyl (C=O) groups is 1. The second-order valence-electron chi connectivity index (χ2n) is 6.45. The van der Waals surface area contributed by atoms with Crippen LogP contribution in [0.15, 0.2) is 66.0 Å². The summed E-state index contributed by atoms with van der Waals surface area (Å²) in [4.78, 5) is 12.8. The number of halogens is 4. The third-order valence-electron chi connectivity index (χ3n) is 4.43. The van der Waals surface area contributed by atoms with Gasteiger partial charge in [0.05, 0.1) is 15.8 Å². The van der Waals surface area contributed by atoms with Crippen LogP contribution in [0.4, 0.5) is 23.2 Å². The van der Waals surface area contributed by atoms with E-state index in [0.717, 1.165) is 22.3 Å². The molecule has 0 atom stereocenters. The van der Waals surface area contributed by atoms with Crippen LogP contribution in [0, 0.1) is 5.82 Å². The number of hydrogen-bond acceptors (Lipinski definition) is 2. The molecule has 4 aromatic rings. The summed E-state index contributed by atoms with van der Waals surface area (Å²) in [5, 5.41) is 4.41. The van der Waals surface area contributed by atoms with E-state index in [-0.39, 0.29) is 23.7 Å². The molecule has 4 rings (SSSR count). The van der Waals surface area contributed by atoms with Crippen LogP contribution >= 0.6 is 11.3 Å². The van der Waals surface area contributed by atoms with Gasteiger partial charge in [-0.25, -0.2) is 4.39 Å². The monoisotopic (exact) mass is 418 g/mol. The van der Waals surface area contributed by atoms with Gasteiger partial charge in [0, 0.05) is 12.2 Å². The van der Waals surface area contributed by atoms with Crippen molar-refractivity contribution in [3.8, 4) is 0 Å². The number of amides is 1. The Labute approximate surface area is 167 Å². The standard InChI is InChI=1S/C21H14F4N2OS/c22-15-5-1-3-13(9-15)12-27-17-7-8-29-19(17)11-18(27)20(28)26-16-6-2-4-14(10-16)21(23,24)25/h1-11H,12H2,(H,26,28). The zero-order valence-electron chi connectivity index (χ0n) is 14.8. The van der Waals surface area contributed by atoms with E-state index < -0.39 is 17.6 Å². The Hall–Kier alpha value is -3.13. The summed E-state index contributed by atoms with van der Waals surface area (Å²) >= 11 is 1.44. The summed E-state index contributed by atoms with van der Waals surface area (Å²) in [5.74, 6) is -0.921. The molecule has 2 aromatic carbocycles. The van der Waals surface area contributed by atoms with Crippen LogP contribution in [-0.2, 0) is 12.7 Å². The molecule has 2 heterocycles. The third kappa shape index (κ3) is 4.02. The Morgan fingerprint density at radius 2 is 1.83 bits per heavy atom. The van der Waals surface area contributed by atoms with Gasteiger partial charge in [0.1, 0.15) is 11.5 Å². The second kappa shape index (κ2) is 7.36. The van der Waals surface area contributed by atoms with E-state index in [1.54, 1.807) is 22.8 Å². The van der Waals surface area contributed by atoms with E-state index in [2.05, 4.69) is 5.32 Å². The Balaban J connectivity index is 1.67. The molecule has 0 aliphatic heterocycles. The minimum atomic E-state index is -4.50. The fraction of sp³-hybridized carbons (Fsp3) is 0.0952. The number of hydrogen-bond donors (Lipinski definition) is 1. The van der Waals surface area contributed by atoms with Crippen LogP contribution in [0.25, 0.3) is 10.2 Å². The minimum Gasteiger partial charge on any atom is -0.331 e. The number of thiophene rings is 1. The lowest BCUT2D eigenvalue weighted by atomic mass is 10.2. The van der Waals surface area contributed by atoms with Gasteiger partial charge in [-0.2, -0.15) is 13.2 Å². The zero-order chi connectivity index (χ0) is 20.6. The molecule has 0 saturated heterocycles. The Morgan fingerprint density at radius 3 is 2.59 bits per heavy atom. The smallest absolute Gasteiger partial charge is 0.331 e. The maximum atomic E-state index is 13.6. The first-order valence-corrected chi connectivity index (χ1v) is 9.49. The highest BCUT2D eigenvalue weighted by Crippen LogP contribution is 2.31. The molecule has 0 unspecified atom stereocenters. The summed E-state index contributed by atoms with van der Waals surface area (Å²) in [7, 11) is 0. The Kier molecular flexibility index (Phi) is 4.87. The van der Waals surface area contributed by atoms with Gasteiger partial charge in [-0.15, -0.1) is 11.3 Å². The molecule has 148 valence electrons. The fourth-order valence-corrected chi connectivity index (χ4v) is 3.94. The second-order valence-corrected chi connectivity index (χ2v) is 7.40. The van der Waals surface area contributed by atoms with Gasteiger partial charge in [-0.05, 0) is 53.4 Å². The first kappa shape index (κ1) is 19.2. The first-order valence-electron chi connectivity index (χ1n) is 8.61. The van der Waals surface area contributed by atoms with Gasteiger partial charge in [-0.3, -0.25) is 4.79 Å². The molecule has 0 aliphatic carbocycles. The van der Waals surface area contributed by atoms with Crippen molar-refractivity contribution in [1.29, 1.82) is 0 Å². The lowest BCUT2D eigenvalue weighted by molar-refractivity contribution is -0.137. The lowest BCUT2D eigenvalue weighted by Crippen LogP contribution is -2.18. The average Bonchev–Trinajstić information content (AvgIpc) is 3.24. The Bertz CT molecular complexity index is 1190. The molecule has 1 amide bonds. The van der Waals surface area contributed by atoms with Crippen LogP contribution < -0.4 is 5.32 Å². The van der Waals surface area contributed by atoms with Crippen LogP contribution in [0.1, 0.15) is 21.6 Å². The third-order valence-corrected chi connectivity index (χ3v) is 5.29. The topological polar surface area (TPSA) is 34.0 Å². The van der Waals surface area contributed by atoms with Crippen molar-refractivity contribution in [2.45, 2.75) is 12.7 Å². The van der Waals surface area contributed by atoms with Gasteiger partial charge in [-0.1, -0.05) is 18.2 Å². The minimum absolute atomic E-state index is 0.0479. The first-order chi connectivity index (χ1) is 13.8. The van der Waals surface area contributed by atoms with Gasteiger partial charge in [0.25, 0.3) is 5.91 Å². The quantitative estimate of drug-likeness (QED) is 0.396. The van der Waals surface area contributed by atoms with Crippen molar-refractivity contribution >= 4 is 33.1 Å². The molecular weight excluding hydrogens is 404 g/mol. The number of fused-ring (bicyclic) bond motifs is 1. The molecule has 0 radical (unpaired) electrons. The van der Waals surface area contributed by atoms with E-state index in [4.69, 9.17) is 0 Å². The van der Waals surface area contributed by atoms with Crippen LogP contribution in [0.2, 0.25) is 0 Å². The molecule has 0 aliphatic rings. The Morgan fingerprint density at radius 1 is 1.03 bits per heavy atom. The highest BCUT2D eigenvalue weighted by molar-refractivity contribution is 7.17. The summed E-state index contributed by atoms with van der Waals surface area (Å²) in [5.41, 5.74) is 0.960. The summed E-state index contributed by atoms with van der Waals surface area (Å²) in [6.07, 6.45) is -4.50. The predicted molar refractivity (Wildman–Crippen MR) is 105 cm³/mol. The number of carbonyl (C=O) groups excluding carboxylic acids is 1. The molecule has 0 spiro atoms. The van der Waals surface area contributed by atoms with E-state index in [1.165, 1.54) is 35.6 Å². The van der Waals surface area contributed by atoms with Crippen LogP contribution in [-0.4, -0.2) is 10.5 Å². The highest BCUT2D eigenvalue weighted by Gasteiger charge is 2.30. The zero-order valence-corrected chi connectivity index (χ0v) is 15.7.